The third kappa shape index (κ3) is 4.98. The van der Waals surface area contributed by atoms with Gasteiger partial charge in [0.25, 0.3) is 0 Å². The lowest BCUT2D eigenvalue weighted by Crippen LogP contribution is -2.32. The van der Waals surface area contributed by atoms with Crippen LogP contribution in [0.3, 0.4) is 0 Å². The van der Waals surface area contributed by atoms with Crippen molar-refractivity contribution in [3.8, 4) is 0 Å². The summed E-state index contributed by atoms with van der Waals surface area (Å²) in [5.41, 5.74) is 0. The lowest BCUT2D eigenvalue weighted by atomic mass is 10.1. The smallest absolute Gasteiger partial charge is 0.0586 e. The predicted octanol–water partition coefficient (Wildman–Crippen LogP) is 2.80. The summed E-state index contributed by atoms with van der Waals surface area (Å²) in [6.07, 6.45) is 10.7. The van der Waals surface area contributed by atoms with Crippen LogP contribution in [0.2, 0.25) is 0 Å². The highest BCUT2D eigenvalue weighted by Gasteiger charge is 2.22. The van der Waals surface area contributed by atoms with E-state index < -0.39 is 0 Å². The molecule has 90 valence electrons. The van der Waals surface area contributed by atoms with Crippen LogP contribution in [0.4, 0.5) is 0 Å². The van der Waals surface area contributed by atoms with Gasteiger partial charge in [-0.1, -0.05) is 39.0 Å². The van der Waals surface area contributed by atoms with Crippen molar-refractivity contribution in [1.82, 2.24) is 4.90 Å². The first-order valence-corrected chi connectivity index (χ1v) is 6.73. The standard InChI is InChI=1S/C13H27NO/c1-2-3-4-5-6-7-10-14-11-8-9-13(14)12-15/h13,15H,2-12H2,1H3. The molecule has 0 aliphatic carbocycles. The molecule has 0 bridgehead atoms. The van der Waals surface area contributed by atoms with Crippen LogP contribution >= 0.6 is 0 Å². The van der Waals surface area contributed by atoms with Crippen molar-refractivity contribution in [2.75, 3.05) is 19.7 Å². The monoisotopic (exact) mass is 213 g/mol. The number of unbranched alkanes of at least 4 members (excludes halogenated alkanes) is 5. The molecular weight excluding hydrogens is 186 g/mol. The van der Waals surface area contributed by atoms with Crippen molar-refractivity contribution in [3.63, 3.8) is 0 Å². The number of nitrogens with zero attached hydrogens (tertiary/aromatic N) is 1. The topological polar surface area (TPSA) is 23.5 Å². The highest BCUT2D eigenvalue weighted by molar-refractivity contribution is 4.77. The average Bonchev–Trinajstić information content (AvgIpc) is 2.70. The minimum Gasteiger partial charge on any atom is -0.395 e. The molecule has 1 atom stereocenters. The van der Waals surface area contributed by atoms with E-state index in [4.69, 9.17) is 5.11 Å². The lowest BCUT2D eigenvalue weighted by Gasteiger charge is -2.22. The van der Waals surface area contributed by atoms with E-state index in [1.54, 1.807) is 0 Å². The Morgan fingerprint density at radius 1 is 1.13 bits per heavy atom. The van der Waals surface area contributed by atoms with Crippen molar-refractivity contribution in [2.24, 2.45) is 0 Å². The maximum atomic E-state index is 9.17. The molecule has 15 heavy (non-hydrogen) atoms. The van der Waals surface area contributed by atoms with Crippen molar-refractivity contribution in [1.29, 1.82) is 0 Å². The van der Waals surface area contributed by atoms with E-state index >= 15 is 0 Å². The molecule has 1 aliphatic rings. The molecule has 0 saturated carbocycles. The summed E-state index contributed by atoms with van der Waals surface area (Å²) in [7, 11) is 0. The molecule has 1 heterocycles. The SMILES string of the molecule is CCCCCCCCN1CCCC1CO. The highest BCUT2D eigenvalue weighted by Crippen LogP contribution is 2.17. The Labute approximate surface area is 94.7 Å². The first-order valence-electron chi connectivity index (χ1n) is 6.73. The maximum Gasteiger partial charge on any atom is 0.0586 e. The number of likely N-dealkylation sites (tertiary alicyclic amines) is 1. The Balaban J connectivity index is 1.95. The van der Waals surface area contributed by atoms with Crippen LogP contribution in [0, 0.1) is 0 Å². The second-order valence-corrected chi connectivity index (χ2v) is 4.78. The molecule has 0 radical (unpaired) electrons. The molecule has 0 aromatic rings. The second kappa shape index (κ2) is 8.12. The van der Waals surface area contributed by atoms with Crippen molar-refractivity contribution < 1.29 is 5.11 Å². The van der Waals surface area contributed by atoms with E-state index in [2.05, 4.69) is 11.8 Å². The van der Waals surface area contributed by atoms with Gasteiger partial charge in [-0.15, -0.1) is 0 Å². The molecule has 0 spiro atoms. The van der Waals surface area contributed by atoms with Gasteiger partial charge in [-0.3, -0.25) is 4.90 Å². The largest absolute Gasteiger partial charge is 0.395 e. The summed E-state index contributed by atoms with van der Waals surface area (Å²) < 4.78 is 0. The quantitative estimate of drug-likeness (QED) is 0.627. The van der Waals surface area contributed by atoms with Gasteiger partial charge >= 0.3 is 0 Å². The number of aliphatic hydroxyl groups is 1. The van der Waals surface area contributed by atoms with Crippen LogP contribution in [0.1, 0.15) is 58.3 Å². The molecule has 0 aromatic carbocycles. The minimum atomic E-state index is 0.357. The Hall–Kier alpha value is -0.0800. The Morgan fingerprint density at radius 2 is 1.87 bits per heavy atom. The first kappa shape index (κ1) is 13.0. The first-order chi connectivity index (χ1) is 7.38. The van der Waals surface area contributed by atoms with Crippen LogP contribution in [-0.4, -0.2) is 35.7 Å². The van der Waals surface area contributed by atoms with Gasteiger partial charge in [-0.25, -0.2) is 0 Å². The highest BCUT2D eigenvalue weighted by atomic mass is 16.3. The van der Waals surface area contributed by atoms with E-state index in [-0.39, 0.29) is 0 Å². The van der Waals surface area contributed by atoms with Crippen LogP contribution in [0.25, 0.3) is 0 Å². The van der Waals surface area contributed by atoms with Gasteiger partial charge in [-0.2, -0.15) is 0 Å². The van der Waals surface area contributed by atoms with Crippen molar-refractivity contribution >= 4 is 0 Å². The Bertz CT molecular complexity index is 149. The second-order valence-electron chi connectivity index (χ2n) is 4.78. The summed E-state index contributed by atoms with van der Waals surface area (Å²) >= 11 is 0. The fourth-order valence-electron chi connectivity index (χ4n) is 2.49. The molecule has 1 saturated heterocycles. The van der Waals surface area contributed by atoms with Gasteiger partial charge in [0.1, 0.15) is 0 Å². The van der Waals surface area contributed by atoms with Crippen LogP contribution in [0.15, 0.2) is 0 Å². The zero-order valence-electron chi connectivity index (χ0n) is 10.2. The molecule has 0 amide bonds. The number of rotatable bonds is 8. The van der Waals surface area contributed by atoms with E-state index in [0.717, 1.165) is 0 Å². The number of aliphatic hydroxyl groups excluding tert-OH is 1. The summed E-state index contributed by atoms with van der Waals surface area (Å²) in [6.45, 7) is 5.03. The van der Waals surface area contributed by atoms with Gasteiger partial charge in [0, 0.05) is 6.04 Å². The molecule has 1 unspecified atom stereocenters. The molecule has 2 heteroatoms. The zero-order valence-corrected chi connectivity index (χ0v) is 10.2. The number of hydrogen-bond acceptors (Lipinski definition) is 2. The van der Waals surface area contributed by atoms with Crippen LogP contribution in [0.5, 0.6) is 0 Å². The zero-order chi connectivity index (χ0) is 10.9. The molecular formula is C13H27NO. The van der Waals surface area contributed by atoms with E-state index in [1.807, 2.05) is 0 Å². The molecule has 1 rings (SSSR count). The maximum absolute atomic E-state index is 9.17. The van der Waals surface area contributed by atoms with E-state index in [0.29, 0.717) is 12.6 Å². The third-order valence-corrected chi connectivity index (χ3v) is 3.51. The summed E-state index contributed by atoms with van der Waals surface area (Å²) in [6, 6.07) is 0.473. The van der Waals surface area contributed by atoms with Crippen molar-refractivity contribution in [2.45, 2.75) is 64.3 Å². The molecule has 1 aliphatic heterocycles. The van der Waals surface area contributed by atoms with Crippen LogP contribution < -0.4 is 0 Å². The summed E-state index contributed by atoms with van der Waals surface area (Å²) in [5.74, 6) is 0. The fraction of sp³-hybridized carbons (Fsp3) is 1.00. The summed E-state index contributed by atoms with van der Waals surface area (Å²) in [4.78, 5) is 2.47. The fourth-order valence-corrected chi connectivity index (χ4v) is 2.49. The molecule has 1 N–H and O–H groups in total. The predicted molar refractivity (Wildman–Crippen MR) is 65.1 cm³/mol. The van der Waals surface area contributed by atoms with E-state index in [9.17, 15) is 0 Å². The Morgan fingerprint density at radius 3 is 2.60 bits per heavy atom. The molecule has 0 aromatic heterocycles. The van der Waals surface area contributed by atoms with Gasteiger partial charge < -0.3 is 5.11 Å². The minimum absolute atomic E-state index is 0.357. The lowest BCUT2D eigenvalue weighted by molar-refractivity contribution is 0.157. The van der Waals surface area contributed by atoms with Gasteiger partial charge in [0.05, 0.1) is 6.61 Å². The number of hydrogen-bond donors (Lipinski definition) is 1. The average molecular weight is 213 g/mol. The Kier molecular flexibility index (Phi) is 7.03. The third-order valence-electron chi connectivity index (χ3n) is 3.51. The normalized spacial score (nSPS) is 22.4. The summed E-state index contributed by atoms with van der Waals surface area (Å²) in [5, 5.41) is 9.17. The molecule has 2 nitrogen and oxygen atoms in total. The van der Waals surface area contributed by atoms with Gasteiger partial charge in [-0.05, 0) is 32.4 Å². The van der Waals surface area contributed by atoms with Crippen molar-refractivity contribution in [3.05, 3.63) is 0 Å². The molecule has 1 fully saturated rings. The van der Waals surface area contributed by atoms with Gasteiger partial charge in [0.15, 0.2) is 0 Å². The van der Waals surface area contributed by atoms with Crippen LogP contribution in [-0.2, 0) is 0 Å². The van der Waals surface area contributed by atoms with Gasteiger partial charge in [0.2, 0.25) is 0 Å². The van der Waals surface area contributed by atoms with E-state index in [1.165, 1.54) is 64.5 Å².